The zero-order valence-electron chi connectivity index (χ0n) is 18.2. The molecule has 4 aromatic rings. The molecule has 2 aromatic heterocycles. The van der Waals surface area contributed by atoms with Crippen LogP contribution in [-0.4, -0.2) is 16.2 Å². The number of thioether (sulfide) groups is 1. The van der Waals surface area contributed by atoms with Crippen molar-refractivity contribution in [2.24, 2.45) is 0 Å². The fraction of sp³-hybridized carbons (Fsp3) is 0.192. The van der Waals surface area contributed by atoms with E-state index in [4.69, 9.17) is 10.7 Å². The lowest BCUT2D eigenvalue weighted by atomic mass is 9.98. The second-order valence-corrected chi connectivity index (χ2v) is 8.65. The highest BCUT2D eigenvalue weighted by atomic mass is 32.2. The zero-order valence-corrected chi connectivity index (χ0v) is 19.0. The van der Waals surface area contributed by atoms with Gasteiger partial charge in [-0.3, -0.25) is 0 Å². The molecule has 1 atom stereocenters. The van der Waals surface area contributed by atoms with E-state index in [1.165, 1.54) is 4.90 Å². The first-order chi connectivity index (χ1) is 15.0. The number of aromatic nitrogens is 2. The summed E-state index contributed by atoms with van der Waals surface area (Å²) in [5.74, 6) is 0.769. The van der Waals surface area contributed by atoms with Crippen LogP contribution in [0, 0.1) is 0 Å². The van der Waals surface area contributed by atoms with Crippen LogP contribution in [-0.2, 0) is 0 Å². The van der Waals surface area contributed by atoms with Crippen LogP contribution in [0.2, 0.25) is 0 Å². The minimum absolute atomic E-state index is 0.251. The molecule has 2 heterocycles. The zero-order chi connectivity index (χ0) is 22.0. The number of pyridine rings is 1. The number of nitrogens with one attached hydrogen (secondary N) is 2. The van der Waals surface area contributed by atoms with Crippen LogP contribution in [0.3, 0.4) is 0 Å². The maximum atomic E-state index is 6.25. The Balaban J connectivity index is 1.82. The van der Waals surface area contributed by atoms with E-state index in [1.807, 2.05) is 18.2 Å². The number of fused-ring (bicyclic) bond motifs is 1. The largest absolute Gasteiger partial charge is 0.384 e. The Hall–Kier alpha value is -3.18. The van der Waals surface area contributed by atoms with E-state index in [2.05, 4.69) is 79.4 Å². The number of benzene rings is 2. The number of aromatic amines is 1. The summed E-state index contributed by atoms with van der Waals surface area (Å²) in [6.45, 7) is 8.66. The summed E-state index contributed by atoms with van der Waals surface area (Å²) in [4.78, 5) is 9.48. The van der Waals surface area contributed by atoms with Crippen LogP contribution in [0.25, 0.3) is 27.9 Å². The predicted molar refractivity (Wildman–Crippen MR) is 136 cm³/mol. The minimum atomic E-state index is 0.251. The van der Waals surface area contributed by atoms with Gasteiger partial charge in [0.05, 0.1) is 11.4 Å². The fourth-order valence-corrected chi connectivity index (χ4v) is 4.12. The van der Waals surface area contributed by atoms with Gasteiger partial charge in [0.25, 0.3) is 0 Å². The highest BCUT2D eigenvalue weighted by Crippen LogP contribution is 2.38. The number of nitrogens with zero attached hydrogens (tertiary/aromatic N) is 1. The summed E-state index contributed by atoms with van der Waals surface area (Å²) >= 11 is 1.73. The van der Waals surface area contributed by atoms with Crippen molar-refractivity contribution in [3.05, 3.63) is 78.5 Å². The summed E-state index contributed by atoms with van der Waals surface area (Å²) in [7, 11) is 0. The lowest BCUT2D eigenvalue weighted by Crippen LogP contribution is -2.09. The van der Waals surface area contributed by atoms with E-state index in [0.717, 1.165) is 51.2 Å². The molecule has 0 aliphatic heterocycles. The molecule has 0 aliphatic rings. The van der Waals surface area contributed by atoms with Crippen molar-refractivity contribution in [3.8, 4) is 11.3 Å². The quantitative estimate of drug-likeness (QED) is 0.274. The predicted octanol–water partition coefficient (Wildman–Crippen LogP) is 7.13. The van der Waals surface area contributed by atoms with Crippen LogP contribution in [0.15, 0.2) is 72.1 Å². The van der Waals surface area contributed by atoms with Crippen LogP contribution in [0.5, 0.6) is 0 Å². The van der Waals surface area contributed by atoms with Gasteiger partial charge >= 0.3 is 0 Å². The summed E-state index contributed by atoms with van der Waals surface area (Å²) in [6, 6.07) is 20.8. The van der Waals surface area contributed by atoms with Crippen molar-refractivity contribution in [1.29, 1.82) is 0 Å². The Morgan fingerprint density at radius 2 is 1.90 bits per heavy atom. The first-order valence-electron chi connectivity index (χ1n) is 10.5. The third kappa shape index (κ3) is 4.32. The molecule has 0 saturated carbocycles. The number of nitrogen functional groups attached to an aromatic ring is 1. The fourth-order valence-electron chi connectivity index (χ4n) is 3.71. The van der Waals surface area contributed by atoms with Gasteiger partial charge in [-0.05, 0) is 48.6 Å². The number of anilines is 2. The maximum Gasteiger partial charge on any atom is 0.124 e. The number of nitrogens with two attached hydrogens (primary N) is 1. The molecule has 4 N–H and O–H groups in total. The molecule has 4 rings (SSSR count). The number of hydrogen-bond donors (Lipinski definition) is 3. The van der Waals surface area contributed by atoms with Crippen molar-refractivity contribution in [3.63, 3.8) is 0 Å². The second kappa shape index (κ2) is 8.90. The molecule has 2 aromatic carbocycles. The maximum absolute atomic E-state index is 6.25. The molecule has 0 saturated heterocycles. The average molecular weight is 429 g/mol. The number of para-hydroxylation sites is 1. The molecule has 0 fully saturated rings. The number of hydrogen-bond acceptors (Lipinski definition) is 4. The molecule has 5 heteroatoms. The van der Waals surface area contributed by atoms with Crippen molar-refractivity contribution in [2.75, 3.05) is 17.3 Å². The molecule has 0 aliphatic carbocycles. The standard InChI is InChI=1S/C26H28N4S/c1-5-16(2)25-26(28-17(3)18-10-12-20(31-4)13-11-18)21(15-24(27)30-25)23-14-19-8-6-7-9-22(19)29-23/h6-16,28-29H,3,5H2,1-2,4H3,(H2,27,30). The topological polar surface area (TPSA) is 66.7 Å². The average Bonchev–Trinajstić information content (AvgIpc) is 3.23. The van der Waals surface area contributed by atoms with Crippen LogP contribution in [0.4, 0.5) is 11.5 Å². The van der Waals surface area contributed by atoms with Gasteiger partial charge in [0, 0.05) is 38.7 Å². The van der Waals surface area contributed by atoms with Gasteiger partial charge in [-0.15, -0.1) is 11.8 Å². The summed E-state index contributed by atoms with van der Waals surface area (Å²) < 4.78 is 0. The first-order valence-corrected chi connectivity index (χ1v) is 11.7. The molecule has 158 valence electrons. The van der Waals surface area contributed by atoms with Crippen molar-refractivity contribution < 1.29 is 0 Å². The molecule has 0 bridgehead atoms. The van der Waals surface area contributed by atoms with Crippen molar-refractivity contribution in [2.45, 2.75) is 31.1 Å². The van der Waals surface area contributed by atoms with Gasteiger partial charge in [-0.1, -0.05) is 50.8 Å². The van der Waals surface area contributed by atoms with Gasteiger partial charge in [0.1, 0.15) is 5.82 Å². The van der Waals surface area contributed by atoms with Crippen molar-refractivity contribution in [1.82, 2.24) is 9.97 Å². The molecule has 0 amide bonds. The Bertz CT molecular complexity index is 1190. The Morgan fingerprint density at radius 1 is 1.16 bits per heavy atom. The third-order valence-corrected chi connectivity index (χ3v) is 6.42. The van der Waals surface area contributed by atoms with Crippen LogP contribution < -0.4 is 11.1 Å². The number of rotatable bonds is 7. The molecular formula is C26H28N4S. The van der Waals surface area contributed by atoms with E-state index >= 15 is 0 Å². The normalized spacial score (nSPS) is 12.1. The van der Waals surface area contributed by atoms with E-state index in [1.54, 1.807) is 11.8 Å². The Labute approximate surface area is 188 Å². The third-order valence-electron chi connectivity index (χ3n) is 5.68. The lowest BCUT2D eigenvalue weighted by Gasteiger charge is -2.21. The van der Waals surface area contributed by atoms with Gasteiger partial charge < -0.3 is 16.0 Å². The highest BCUT2D eigenvalue weighted by molar-refractivity contribution is 7.98. The van der Waals surface area contributed by atoms with Crippen LogP contribution in [0.1, 0.15) is 37.4 Å². The lowest BCUT2D eigenvalue weighted by molar-refractivity contribution is 0.712. The van der Waals surface area contributed by atoms with Gasteiger partial charge in [-0.25, -0.2) is 4.98 Å². The molecule has 1 unspecified atom stereocenters. The molecule has 4 nitrogen and oxygen atoms in total. The molecular weight excluding hydrogens is 400 g/mol. The monoisotopic (exact) mass is 428 g/mol. The molecule has 0 radical (unpaired) electrons. The second-order valence-electron chi connectivity index (χ2n) is 7.77. The van der Waals surface area contributed by atoms with Crippen molar-refractivity contribution >= 4 is 39.9 Å². The smallest absolute Gasteiger partial charge is 0.124 e. The Morgan fingerprint density at radius 3 is 2.58 bits per heavy atom. The van der Waals surface area contributed by atoms with Gasteiger partial charge in [0.2, 0.25) is 0 Å². The Kier molecular flexibility index (Phi) is 6.05. The highest BCUT2D eigenvalue weighted by Gasteiger charge is 2.19. The molecule has 31 heavy (non-hydrogen) atoms. The van der Waals surface area contributed by atoms with E-state index in [0.29, 0.717) is 5.82 Å². The summed E-state index contributed by atoms with van der Waals surface area (Å²) in [5.41, 5.74) is 13.1. The first kappa shape index (κ1) is 21.1. The van der Waals surface area contributed by atoms with Gasteiger partial charge in [0.15, 0.2) is 0 Å². The number of H-pyrrole nitrogens is 1. The summed E-state index contributed by atoms with van der Waals surface area (Å²) in [6.07, 6.45) is 3.04. The van der Waals surface area contributed by atoms with E-state index < -0.39 is 0 Å². The SMILES string of the molecule is C=C(Nc1c(-c2cc3ccccc3[nH]2)cc(N)nc1C(C)CC)c1ccc(SC)cc1. The molecule has 0 spiro atoms. The van der Waals surface area contributed by atoms with Crippen LogP contribution >= 0.6 is 11.8 Å². The summed E-state index contributed by atoms with van der Waals surface area (Å²) in [5, 5.41) is 4.74. The van der Waals surface area contributed by atoms with E-state index in [-0.39, 0.29) is 5.92 Å². The minimum Gasteiger partial charge on any atom is -0.384 e. The van der Waals surface area contributed by atoms with E-state index in [9.17, 15) is 0 Å². The van der Waals surface area contributed by atoms with Gasteiger partial charge in [-0.2, -0.15) is 0 Å².